The number of carbonyl (C=O) groups is 1. The number of aryl methyl sites for hydroxylation is 1. The summed E-state index contributed by atoms with van der Waals surface area (Å²) < 4.78 is 1.64. The van der Waals surface area contributed by atoms with Crippen molar-refractivity contribution in [2.24, 2.45) is 0 Å². The second kappa shape index (κ2) is 12.4. The van der Waals surface area contributed by atoms with Gasteiger partial charge in [0.1, 0.15) is 5.82 Å². The molecule has 182 valence electrons. The molecule has 0 bridgehead atoms. The average molecular weight is 502 g/mol. The van der Waals surface area contributed by atoms with Crippen molar-refractivity contribution in [3.8, 4) is 5.69 Å². The maximum absolute atomic E-state index is 13.7. The van der Waals surface area contributed by atoms with E-state index in [-0.39, 0.29) is 11.5 Å². The number of amides is 1. The highest BCUT2D eigenvalue weighted by Crippen LogP contribution is 2.28. The lowest BCUT2D eigenvalue weighted by Gasteiger charge is -2.33. The molecule has 0 saturated heterocycles. The zero-order valence-corrected chi connectivity index (χ0v) is 21.6. The minimum Gasteiger partial charge on any atom is -0.330 e. The fourth-order valence-electron chi connectivity index (χ4n) is 4.30. The number of benzene rings is 2. The van der Waals surface area contributed by atoms with Crippen molar-refractivity contribution in [3.63, 3.8) is 0 Å². The third-order valence-electron chi connectivity index (χ3n) is 6.19. The minimum absolute atomic E-state index is 0.157. The van der Waals surface area contributed by atoms with Crippen LogP contribution in [0, 0.1) is 0 Å². The number of hydrogen-bond donors (Lipinski definition) is 0. The van der Waals surface area contributed by atoms with E-state index in [4.69, 9.17) is 28.2 Å². The number of rotatable bonds is 11. The summed E-state index contributed by atoms with van der Waals surface area (Å²) in [6.07, 6.45) is 5.49. The number of hydrogen-bond acceptors (Lipinski definition) is 3. The first-order chi connectivity index (χ1) is 16.4. The molecule has 1 heterocycles. The first-order valence-corrected chi connectivity index (χ1v) is 13.0. The molecule has 3 rings (SSSR count). The standard InChI is InChI=1S/C27H33Cl2N3O2/c1-4-7-8-11-18-31(27(34)24(28)29)23(6-3)25-30-22-13-10-9-12-21(22)26(33)32(25)20-16-14-19(5-2)15-17-20/h9-10,12-17,23-24H,4-8,11,18H2,1-3H3. The van der Waals surface area contributed by atoms with E-state index in [2.05, 4.69) is 13.8 Å². The van der Waals surface area contributed by atoms with E-state index in [0.717, 1.165) is 37.8 Å². The van der Waals surface area contributed by atoms with Crippen LogP contribution in [0.2, 0.25) is 0 Å². The fraction of sp³-hybridized carbons (Fsp3) is 0.444. The average Bonchev–Trinajstić information content (AvgIpc) is 2.85. The zero-order valence-electron chi connectivity index (χ0n) is 20.1. The molecular formula is C27H33Cl2N3O2. The first kappa shape index (κ1) is 26.2. The van der Waals surface area contributed by atoms with Gasteiger partial charge in [-0.25, -0.2) is 4.98 Å². The van der Waals surface area contributed by atoms with Gasteiger partial charge in [-0.15, -0.1) is 0 Å². The van der Waals surface area contributed by atoms with Gasteiger partial charge in [0.15, 0.2) is 4.84 Å². The number of carbonyl (C=O) groups excluding carboxylic acids is 1. The summed E-state index contributed by atoms with van der Waals surface area (Å²) in [7, 11) is 0. The van der Waals surface area contributed by atoms with Crippen molar-refractivity contribution in [2.75, 3.05) is 6.54 Å². The SMILES string of the molecule is CCCCCCN(C(=O)C(Cl)Cl)C(CC)c1nc2ccccc2c(=O)n1-c1ccc(CC)cc1. The van der Waals surface area contributed by atoms with Gasteiger partial charge >= 0.3 is 0 Å². The summed E-state index contributed by atoms with van der Waals surface area (Å²) in [6, 6.07) is 14.8. The molecule has 5 nitrogen and oxygen atoms in total. The molecule has 0 aliphatic carbocycles. The number of fused-ring (bicyclic) bond motifs is 1. The second-order valence-corrected chi connectivity index (χ2v) is 9.56. The van der Waals surface area contributed by atoms with Crippen LogP contribution in [0.1, 0.15) is 70.3 Å². The highest BCUT2D eigenvalue weighted by molar-refractivity contribution is 6.53. The van der Waals surface area contributed by atoms with Gasteiger partial charge < -0.3 is 4.90 Å². The topological polar surface area (TPSA) is 55.2 Å². The maximum Gasteiger partial charge on any atom is 0.266 e. The van der Waals surface area contributed by atoms with Gasteiger partial charge in [0, 0.05) is 6.54 Å². The maximum atomic E-state index is 13.7. The third kappa shape index (κ3) is 5.81. The van der Waals surface area contributed by atoms with E-state index in [1.807, 2.05) is 49.4 Å². The smallest absolute Gasteiger partial charge is 0.266 e. The van der Waals surface area contributed by atoms with Crippen LogP contribution >= 0.6 is 23.2 Å². The highest BCUT2D eigenvalue weighted by atomic mass is 35.5. The molecule has 0 aliphatic heterocycles. The number of para-hydroxylation sites is 1. The Labute approximate surface area is 211 Å². The van der Waals surface area contributed by atoms with Gasteiger partial charge in [0.2, 0.25) is 0 Å². The minimum atomic E-state index is -1.18. The van der Waals surface area contributed by atoms with Crippen molar-refractivity contribution in [2.45, 2.75) is 70.2 Å². The predicted octanol–water partition coefficient (Wildman–Crippen LogP) is 6.61. The number of unbranched alkanes of at least 4 members (excludes halogenated alkanes) is 3. The van der Waals surface area contributed by atoms with Crippen LogP contribution in [0.5, 0.6) is 0 Å². The van der Waals surface area contributed by atoms with Crippen molar-refractivity contribution >= 4 is 40.0 Å². The molecular weight excluding hydrogens is 469 g/mol. The lowest BCUT2D eigenvalue weighted by Crippen LogP contribution is -2.41. The molecule has 1 atom stereocenters. The van der Waals surface area contributed by atoms with E-state index >= 15 is 0 Å². The molecule has 0 aliphatic rings. The Morgan fingerprint density at radius 1 is 1.00 bits per heavy atom. The zero-order chi connectivity index (χ0) is 24.7. The lowest BCUT2D eigenvalue weighted by molar-refractivity contribution is -0.132. The molecule has 34 heavy (non-hydrogen) atoms. The Balaban J connectivity index is 2.20. The number of halogens is 2. The fourth-order valence-corrected chi connectivity index (χ4v) is 4.55. The molecule has 3 aromatic rings. The Morgan fingerprint density at radius 2 is 1.71 bits per heavy atom. The van der Waals surface area contributed by atoms with E-state index < -0.39 is 10.9 Å². The first-order valence-electron chi connectivity index (χ1n) is 12.1. The van der Waals surface area contributed by atoms with Crippen LogP contribution in [-0.4, -0.2) is 31.7 Å². The molecule has 2 aromatic carbocycles. The summed E-state index contributed by atoms with van der Waals surface area (Å²) in [5.74, 6) is 0.162. The molecule has 0 saturated carbocycles. The van der Waals surface area contributed by atoms with Gasteiger partial charge in [0.25, 0.3) is 11.5 Å². The van der Waals surface area contributed by atoms with Gasteiger partial charge in [-0.05, 0) is 49.1 Å². The summed E-state index contributed by atoms with van der Waals surface area (Å²) in [5, 5.41) is 0.536. The summed E-state index contributed by atoms with van der Waals surface area (Å²) in [4.78, 5) is 32.3. The Kier molecular flexibility index (Phi) is 9.54. The van der Waals surface area contributed by atoms with Crippen molar-refractivity contribution < 1.29 is 4.79 Å². The van der Waals surface area contributed by atoms with Crippen LogP contribution < -0.4 is 5.56 Å². The van der Waals surface area contributed by atoms with E-state index in [9.17, 15) is 9.59 Å². The lowest BCUT2D eigenvalue weighted by atomic mass is 10.1. The molecule has 1 amide bonds. The van der Waals surface area contributed by atoms with Gasteiger partial charge in [-0.1, -0.05) is 87.5 Å². The molecule has 1 aromatic heterocycles. The normalized spacial score (nSPS) is 12.3. The molecule has 0 radical (unpaired) electrons. The van der Waals surface area contributed by atoms with Crippen molar-refractivity contribution in [1.82, 2.24) is 14.5 Å². The van der Waals surface area contributed by atoms with E-state index in [1.54, 1.807) is 15.5 Å². The van der Waals surface area contributed by atoms with Crippen molar-refractivity contribution in [1.29, 1.82) is 0 Å². The predicted molar refractivity (Wildman–Crippen MR) is 141 cm³/mol. The monoisotopic (exact) mass is 501 g/mol. The highest BCUT2D eigenvalue weighted by Gasteiger charge is 2.31. The van der Waals surface area contributed by atoms with Crippen LogP contribution in [0.15, 0.2) is 53.3 Å². The molecule has 0 fully saturated rings. The number of nitrogens with zero attached hydrogens (tertiary/aromatic N) is 3. The number of alkyl halides is 2. The molecule has 1 unspecified atom stereocenters. The van der Waals surface area contributed by atoms with Gasteiger partial charge in [-0.3, -0.25) is 14.2 Å². The van der Waals surface area contributed by atoms with Gasteiger partial charge in [0.05, 0.1) is 22.6 Å². The third-order valence-corrected chi connectivity index (χ3v) is 6.56. The molecule has 0 N–H and O–H groups in total. The quantitative estimate of drug-likeness (QED) is 0.219. The Morgan fingerprint density at radius 3 is 2.32 bits per heavy atom. The Bertz CT molecular complexity index is 1160. The Hall–Kier alpha value is -2.37. The van der Waals surface area contributed by atoms with Crippen LogP contribution in [0.25, 0.3) is 16.6 Å². The van der Waals surface area contributed by atoms with E-state index in [0.29, 0.717) is 29.7 Å². The number of aromatic nitrogens is 2. The molecule has 7 heteroatoms. The molecule has 0 spiro atoms. The van der Waals surface area contributed by atoms with Crippen LogP contribution in [-0.2, 0) is 11.2 Å². The largest absolute Gasteiger partial charge is 0.330 e. The van der Waals surface area contributed by atoms with Crippen LogP contribution in [0.3, 0.4) is 0 Å². The second-order valence-electron chi connectivity index (χ2n) is 8.46. The van der Waals surface area contributed by atoms with Gasteiger partial charge in [-0.2, -0.15) is 0 Å². The van der Waals surface area contributed by atoms with E-state index in [1.165, 1.54) is 5.56 Å². The van der Waals surface area contributed by atoms with Crippen molar-refractivity contribution in [3.05, 3.63) is 70.3 Å². The summed E-state index contributed by atoms with van der Waals surface area (Å²) in [6.45, 7) is 6.73. The summed E-state index contributed by atoms with van der Waals surface area (Å²) >= 11 is 12.1. The summed E-state index contributed by atoms with van der Waals surface area (Å²) in [5.41, 5.74) is 2.35. The van der Waals surface area contributed by atoms with Crippen LogP contribution in [0.4, 0.5) is 0 Å².